The number of aryl methyl sites for hydroxylation is 1. The van der Waals surface area contributed by atoms with Crippen molar-refractivity contribution < 1.29 is 18.7 Å². The predicted octanol–water partition coefficient (Wildman–Crippen LogP) is 3.08. The van der Waals surface area contributed by atoms with Crippen LogP contribution >= 0.6 is 0 Å². The fourth-order valence-corrected chi connectivity index (χ4v) is 4.12. The zero-order valence-electron chi connectivity index (χ0n) is 16.2. The van der Waals surface area contributed by atoms with E-state index in [0.717, 1.165) is 42.8 Å². The smallest absolute Gasteiger partial charge is 0.289 e. The summed E-state index contributed by atoms with van der Waals surface area (Å²) in [6.07, 6.45) is 3.45. The lowest BCUT2D eigenvalue weighted by atomic mass is 10.1. The SMILES string of the molecule is COc1ccc2c(C)c(C(=O)N3CCCO[C@H](CN4CCCC4)C3)oc2c1. The molecule has 2 aromatic rings. The molecule has 0 bridgehead atoms. The molecule has 2 fully saturated rings. The Morgan fingerprint density at radius 3 is 2.81 bits per heavy atom. The average Bonchev–Trinajstić information content (AvgIpc) is 3.23. The molecule has 2 aliphatic heterocycles. The van der Waals surface area contributed by atoms with Crippen LogP contribution < -0.4 is 4.74 Å². The summed E-state index contributed by atoms with van der Waals surface area (Å²) in [6, 6.07) is 5.68. The number of carbonyl (C=O) groups excluding carboxylic acids is 1. The maximum Gasteiger partial charge on any atom is 0.289 e. The Labute approximate surface area is 160 Å². The van der Waals surface area contributed by atoms with Gasteiger partial charge >= 0.3 is 0 Å². The molecule has 27 heavy (non-hydrogen) atoms. The predicted molar refractivity (Wildman–Crippen MR) is 103 cm³/mol. The van der Waals surface area contributed by atoms with Crippen molar-refractivity contribution in [3.8, 4) is 5.75 Å². The number of nitrogens with zero attached hydrogens (tertiary/aromatic N) is 2. The summed E-state index contributed by atoms with van der Waals surface area (Å²) in [5, 5.41) is 0.957. The van der Waals surface area contributed by atoms with Gasteiger partial charge in [0.15, 0.2) is 5.76 Å². The first kappa shape index (κ1) is 18.3. The molecular weight excluding hydrogens is 344 g/mol. The minimum Gasteiger partial charge on any atom is -0.497 e. The van der Waals surface area contributed by atoms with Gasteiger partial charge in [0.1, 0.15) is 11.3 Å². The molecule has 146 valence electrons. The van der Waals surface area contributed by atoms with Crippen molar-refractivity contribution in [2.45, 2.75) is 32.3 Å². The molecule has 2 saturated heterocycles. The molecular formula is C21H28N2O4. The van der Waals surface area contributed by atoms with Crippen molar-refractivity contribution in [1.29, 1.82) is 0 Å². The molecule has 1 amide bonds. The van der Waals surface area contributed by atoms with Gasteiger partial charge in [-0.15, -0.1) is 0 Å². The number of amides is 1. The third kappa shape index (κ3) is 3.82. The standard InChI is InChI=1S/C21H28N2O4/c1-15-18-7-6-16(25-2)12-19(18)27-20(15)21(24)23-10-5-11-26-17(14-23)13-22-8-3-4-9-22/h6-7,12,17H,3-5,8-11,13-14H2,1-2H3/t17-/m1/s1. The summed E-state index contributed by atoms with van der Waals surface area (Å²) < 4.78 is 17.2. The van der Waals surface area contributed by atoms with Gasteiger partial charge in [-0.2, -0.15) is 0 Å². The van der Waals surface area contributed by atoms with Crippen LogP contribution in [0.4, 0.5) is 0 Å². The van der Waals surface area contributed by atoms with E-state index in [4.69, 9.17) is 13.9 Å². The third-order valence-electron chi connectivity index (χ3n) is 5.64. The van der Waals surface area contributed by atoms with E-state index in [1.54, 1.807) is 7.11 Å². The lowest BCUT2D eigenvalue weighted by molar-refractivity contribution is 0.0291. The highest BCUT2D eigenvalue weighted by Gasteiger charge is 2.29. The molecule has 0 unspecified atom stereocenters. The van der Waals surface area contributed by atoms with E-state index in [-0.39, 0.29) is 12.0 Å². The quantitative estimate of drug-likeness (QED) is 0.826. The fourth-order valence-electron chi connectivity index (χ4n) is 4.12. The number of benzene rings is 1. The Hall–Kier alpha value is -2.05. The summed E-state index contributed by atoms with van der Waals surface area (Å²) in [7, 11) is 1.63. The Morgan fingerprint density at radius 2 is 2.04 bits per heavy atom. The van der Waals surface area contributed by atoms with Crippen LogP contribution in [-0.2, 0) is 4.74 Å². The lowest BCUT2D eigenvalue weighted by Crippen LogP contribution is -2.41. The van der Waals surface area contributed by atoms with E-state index < -0.39 is 0 Å². The molecule has 1 atom stereocenters. The largest absolute Gasteiger partial charge is 0.497 e. The fraction of sp³-hybridized carbons (Fsp3) is 0.571. The Kier molecular flexibility index (Phi) is 5.36. The van der Waals surface area contributed by atoms with Crippen LogP contribution in [0.3, 0.4) is 0 Å². The zero-order valence-corrected chi connectivity index (χ0v) is 16.2. The van der Waals surface area contributed by atoms with Crippen LogP contribution in [0.25, 0.3) is 11.0 Å². The summed E-state index contributed by atoms with van der Waals surface area (Å²) in [4.78, 5) is 17.6. The summed E-state index contributed by atoms with van der Waals surface area (Å²) in [5.74, 6) is 1.11. The third-order valence-corrected chi connectivity index (χ3v) is 5.64. The molecule has 4 rings (SSSR count). The second-order valence-electron chi connectivity index (χ2n) is 7.52. The topological polar surface area (TPSA) is 55.1 Å². The molecule has 6 nitrogen and oxygen atoms in total. The van der Waals surface area contributed by atoms with Crippen LogP contribution in [0.15, 0.2) is 22.6 Å². The minimum atomic E-state index is -0.0420. The Morgan fingerprint density at radius 1 is 1.22 bits per heavy atom. The highest BCUT2D eigenvalue weighted by atomic mass is 16.5. The number of likely N-dealkylation sites (tertiary alicyclic amines) is 1. The Balaban J connectivity index is 1.53. The number of ether oxygens (including phenoxy) is 2. The van der Waals surface area contributed by atoms with Crippen LogP contribution in [0.5, 0.6) is 5.75 Å². The molecule has 1 aromatic heterocycles. The second kappa shape index (κ2) is 7.90. The van der Waals surface area contributed by atoms with E-state index >= 15 is 0 Å². The summed E-state index contributed by atoms with van der Waals surface area (Å²) in [5.41, 5.74) is 1.58. The Bertz CT molecular complexity index is 810. The molecule has 0 radical (unpaired) electrons. The van der Waals surface area contributed by atoms with Gasteiger partial charge in [-0.3, -0.25) is 4.79 Å². The van der Waals surface area contributed by atoms with Crippen LogP contribution in [-0.4, -0.2) is 68.3 Å². The van der Waals surface area contributed by atoms with Crippen molar-refractivity contribution in [3.63, 3.8) is 0 Å². The molecule has 0 spiro atoms. The molecule has 3 heterocycles. The minimum absolute atomic E-state index is 0.0420. The van der Waals surface area contributed by atoms with E-state index in [1.165, 1.54) is 12.8 Å². The molecule has 0 saturated carbocycles. The van der Waals surface area contributed by atoms with E-state index in [0.29, 0.717) is 31.0 Å². The molecule has 6 heteroatoms. The van der Waals surface area contributed by atoms with Crippen LogP contribution in [0.2, 0.25) is 0 Å². The first-order valence-electron chi connectivity index (χ1n) is 9.86. The number of furan rings is 1. The normalized spacial score (nSPS) is 21.6. The van der Waals surface area contributed by atoms with E-state index in [1.807, 2.05) is 30.0 Å². The number of fused-ring (bicyclic) bond motifs is 1. The van der Waals surface area contributed by atoms with Crippen molar-refractivity contribution in [2.24, 2.45) is 0 Å². The summed E-state index contributed by atoms with van der Waals surface area (Å²) in [6.45, 7) is 7.15. The molecule has 0 aliphatic carbocycles. The van der Waals surface area contributed by atoms with Crippen LogP contribution in [0.1, 0.15) is 35.4 Å². The number of rotatable bonds is 4. The highest BCUT2D eigenvalue weighted by Crippen LogP contribution is 2.29. The second-order valence-corrected chi connectivity index (χ2v) is 7.52. The monoisotopic (exact) mass is 372 g/mol. The van der Waals surface area contributed by atoms with Crippen LogP contribution in [0, 0.1) is 6.92 Å². The molecule has 1 aromatic carbocycles. The van der Waals surface area contributed by atoms with Crippen molar-refractivity contribution in [3.05, 3.63) is 29.5 Å². The molecule has 0 N–H and O–H groups in total. The van der Waals surface area contributed by atoms with Crippen molar-refractivity contribution in [1.82, 2.24) is 9.80 Å². The number of carbonyl (C=O) groups is 1. The van der Waals surface area contributed by atoms with E-state index in [2.05, 4.69) is 4.90 Å². The van der Waals surface area contributed by atoms with Gasteiger partial charge < -0.3 is 23.7 Å². The zero-order chi connectivity index (χ0) is 18.8. The first-order valence-corrected chi connectivity index (χ1v) is 9.86. The number of hydrogen-bond acceptors (Lipinski definition) is 5. The maximum atomic E-state index is 13.2. The van der Waals surface area contributed by atoms with Gasteiger partial charge in [0.05, 0.1) is 13.2 Å². The summed E-state index contributed by atoms with van der Waals surface area (Å²) >= 11 is 0. The number of methoxy groups -OCH3 is 1. The van der Waals surface area contributed by atoms with Crippen molar-refractivity contribution in [2.75, 3.05) is 46.4 Å². The van der Waals surface area contributed by atoms with Gasteiger partial charge in [-0.1, -0.05) is 0 Å². The number of hydrogen-bond donors (Lipinski definition) is 0. The van der Waals surface area contributed by atoms with Gasteiger partial charge in [0, 0.05) is 43.3 Å². The average molecular weight is 372 g/mol. The molecule has 2 aliphatic rings. The first-order chi connectivity index (χ1) is 13.2. The highest BCUT2D eigenvalue weighted by molar-refractivity contribution is 5.99. The van der Waals surface area contributed by atoms with Crippen molar-refractivity contribution >= 4 is 16.9 Å². The van der Waals surface area contributed by atoms with Gasteiger partial charge in [-0.25, -0.2) is 0 Å². The lowest BCUT2D eigenvalue weighted by Gasteiger charge is -2.26. The van der Waals surface area contributed by atoms with E-state index in [9.17, 15) is 4.79 Å². The maximum absolute atomic E-state index is 13.2. The van der Waals surface area contributed by atoms with Gasteiger partial charge in [0.2, 0.25) is 0 Å². The van der Waals surface area contributed by atoms with Gasteiger partial charge in [-0.05, 0) is 51.4 Å². The van der Waals surface area contributed by atoms with Gasteiger partial charge in [0.25, 0.3) is 5.91 Å².